The highest BCUT2D eigenvalue weighted by Gasteiger charge is 2.23. The van der Waals surface area contributed by atoms with E-state index in [2.05, 4.69) is 15.2 Å². The van der Waals surface area contributed by atoms with Crippen LogP contribution in [0.5, 0.6) is 0 Å². The molecule has 2 aliphatic heterocycles. The van der Waals surface area contributed by atoms with Gasteiger partial charge in [0.2, 0.25) is 0 Å². The molecule has 2 aliphatic rings. The second-order valence-electron chi connectivity index (χ2n) is 6.70. The first-order valence-corrected chi connectivity index (χ1v) is 10.6. The van der Waals surface area contributed by atoms with Crippen molar-refractivity contribution in [3.8, 4) is 0 Å². The minimum absolute atomic E-state index is 0.0366. The van der Waals surface area contributed by atoms with E-state index in [0.717, 1.165) is 24.7 Å². The van der Waals surface area contributed by atoms with Crippen LogP contribution in [0.25, 0.3) is 0 Å². The molecule has 0 radical (unpaired) electrons. The molecule has 2 aromatic rings. The number of pyridine rings is 1. The van der Waals surface area contributed by atoms with E-state index >= 15 is 0 Å². The Labute approximate surface area is 173 Å². The van der Waals surface area contributed by atoms with Gasteiger partial charge in [0.1, 0.15) is 5.82 Å². The number of thioether (sulfide) groups is 1. The van der Waals surface area contributed by atoms with Crippen LogP contribution >= 0.6 is 11.8 Å². The number of carbonyl (C=O) groups excluding carboxylic acids is 2. The van der Waals surface area contributed by atoms with Gasteiger partial charge in [0.25, 0.3) is 11.8 Å². The normalized spacial score (nSPS) is 16.6. The summed E-state index contributed by atoms with van der Waals surface area (Å²) in [5.41, 5.74) is 1.13. The van der Waals surface area contributed by atoms with Gasteiger partial charge in [-0.25, -0.2) is 4.98 Å². The predicted molar refractivity (Wildman–Crippen MR) is 114 cm³/mol. The molecule has 7 nitrogen and oxygen atoms in total. The molecule has 8 heteroatoms. The summed E-state index contributed by atoms with van der Waals surface area (Å²) in [5, 5.41) is 4.52. The number of hydrogen-bond donors (Lipinski definition) is 1. The number of benzene rings is 1. The maximum atomic E-state index is 12.9. The molecule has 2 amide bonds. The Kier molecular flexibility index (Phi) is 6.00. The van der Waals surface area contributed by atoms with E-state index in [1.807, 2.05) is 23.1 Å². The fraction of sp³-hybridized carbons (Fsp3) is 0.286. The molecule has 0 aliphatic carbocycles. The third kappa shape index (κ3) is 4.71. The molecule has 3 heterocycles. The lowest BCUT2D eigenvalue weighted by atomic mass is 10.1. The number of piperazine rings is 1. The van der Waals surface area contributed by atoms with Crippen molar-refractivity contribution in [3.05, 3.63) is 65.4 Å². The standard InChI is InChI=1S/C21H22N4O3S/c26-20(18-15-29-13-12-28-18)23-17-5-3-4-16(14-17)21(27)25-10-8-24(9-11-25)19-6-1-2-7-22-19/h1-7,14-15H,8-13H2,(H,23,26). The van der Waals surface area contributed by atoms with Crippen LogP contribution in [0.3, 0.4) is 0 Å². The molecular weight excluding hydrogens is 388 g/mol. The van der Waals surface area contributed by atoms with Crippen LogP contribution in [0, 0.1) is 0 Å². The summed E-state index contributed by atoms with van der Waals surface area (Å²) >= 11 is 1.55. The molecule has 0 unspecified atom stereocenters. The average Bonchev–Trinajstić information content (AvgIpc) is 2.80. The van der Waals surface area contributed by atoms with Crippen molar-refractivity contribution in [2.24, 2.45) is 0 Å². The van der Waals surface area contributed by atoms with Gasteiger partial charge in [-0.2, -0.15) is 0 Å². The van der Waals surface area contributed by atoms with Gasteiger partial charge < -0.3 is 19.9 Å². The monoisotopic (exact) mass is 410 g/mol. The molecular formula is C21H22N4O3S. The Bertz CT molecular complexity index is 911. The second kappa shape index (κ2) is 9.00. The quantitative estimate of drug-likeness (QED) is 0.835. The number of nitrogens with one attached hydrogen (secondary N) is 1. The molecule has 29 heavy (non-hydrogen) atoms. The number of nitrogens with zero attached hydrogens (tertiary/aromatic N) is 3. The van der Waals surface area contributed by atoms with Crippen molar-refractivity contribution < 1.29 is 14.3 Å². The number of carbonyl (C=O) groups is 2. The summed E-state index contributed by atoms with van der Waals surface area (Å²) in [6, 6.07) is 12.9. The zero-order chi connectivity index (χ0) is 20.1. The Balaban J connectivity index is 1.37. The second-order valence-corrected chi connectivity index (χ2v) is 7.68. The van der Waals surface area contributed by atoms with E-state index in [9.17, 15) is 9.59 Å². The Morgan fingerprint density at radius 1 is 1.07 bits per heavy atom. The van der Waals surface area contributed by atoms with Gasteiger partial charge in [-0.15, -0.1) is 11.8 Å². The lowest BCUT2D eigenvalue weighted by Gasteiger charge is -2.35. The topological polar surface area (TPSA) is 74.8 Å². The fourth-order valence-electron chi connectivity index (χ4n) is 3.27. The number of rotatable bonds is 4. The van der Waals surface area contributed by atoms with Crippen LogP contribution in [0.15, 0.2) is 59.8 Å². The number of anilines is 2. The minimum Gasteiger partial charge on any atom is -0.487 e. The van der Waals surface area contributed by atoms with E-state index in [1.54, 1.807) is 47.6 Å². The number of ether oxygens (including phenoxy) is 1. The summed E-state index contributed by atoms with van der Waals surface area (Å²) in [6.45, 7) is 3.26. The molecule has 4 rings (SSSR count). The molecule has 0 atom stereocenters. The van der Waals surface area contributed by atoms with Crippen LogP contribution < -0.4 is 10.2 Å². The van der Waals surface area contributed by atoms with Crippen LogP contribution in [0.1, 0.15) is 10.4 Å². The summed E-state index contributed by atoms with van der Waals surface area (Å²) in [5.74, 6) is 1.75. The maximum Gasteiger partial charge on any atom is 0.291 e. The van der Waals surface area contributed by atoms with Crippen molar-refractivity contribution in [2.45, 2.75) is 0 Å². The third-order valence-electron chi connectivity index (χ3n) is 4.78. The molecule has 0 bridgehead atoms. The molecule has 1 saturated heterocycles. The van der Waals surface area contributed by atoms with Crippen LogP contribution in [0.2, 0.25) is 0 Å². The molecule has 0 spiro atoms. The smallest absolute Gasteiger partial charge is 0.291 e. The van der Waals surface area contributed by atoms with Gasteiger partial charge in [-0.05, 0) is 30.3 Å². The Morgan fingerprint density at radius 2 is 1.93 bits per heavy atom. The SMILES string of the molecule is O=C(Nc1cccc(C(=O)N2CCN(c3ccccn3)CC2)c1)C1=CSCCO1. The van der Waals surface area contributed by atoms with Crippen molar-refractivity contribution in [2.75, 3.05) is 48.8 Å². The van der Waals surface area contributed by atoms with E-state index in [0.29, 0.717) is 36.7 Å². The third-order valence-corrected chi connectivity index (χ3v) is 5.56. The first-order chi connectivity index (χ1) is 14.2. The summed E-state index contributed by atoms with van der Waals surface area (Å²) in [6.07, 6.45) is 1.78. The average molecular weight is 410 g/mol. The van der Waals surface area contributed by atoms with E-state index in [4.69, 9.17) is 4.74 Å². The highest BCUT2D eigenvalue weighted by Crippen LogP contribution is 2.19. The van der Waals surface area contributed by atoms with Crippen LogP contribution in [0.4, 0.5) is 11.5 Å². The van der Waals surface area contributed by atoms with Gasteiger partial charge in [-0.1, -0.05) is 12.1 Å². The zero-order valence-electron chi connectivity index (χ0n) is 15.9. The molecule has 1 aromatic heterocycles. The first kappa shape index (κ1) is 19.3. The van der Waals surface area contributed by atoms with Gasteiger partial charge in [0.15, 0.2) is 5.76 Å². The molecule has 0 saturated carbocycles. The predicted octanol–water partition coefficient (Wildman–Crippen LogP) is 2.59. The van der Waals surface area contributed by atoms with Crippen molar-refractivity contribution in [1.29, 1.82) is 0 Å². The van der Waals surface area contributed by atoms with E-state index < -0.39 is 0 Å². The van der Waals surface area contributed by atoms with Crippen LogP contribution in [-0.2, 0) is 9.53 Å². The van der Waals surface area contributed by atoms with Crippen molar-refractivity contribution in [3.63, 3.8) is 0 Å². The van der Waals surface area contributed by atoms with Gasteiger partial charge in [0.05, 0.1) is 6.61 Å². The lowest BCUT2D eigenvalue weighted by Crippen LogP contribution is -2.49. The van der Waals surface area contributed by atoms with Gasteiger partial charge >= 0.3 is 0 Å². The largest absolute Gasteiger partial charge is 0.487 e. The number of amides is 2. The fourth-order valence-corrected chi connectivity index (χ4v) is 3.90. The van der Waals surface area contributed by atoms with Crippen molar-refractivity contribution in [1.82, 2.24) is 9.88 Å². The number of hydrogen-bond acceptors (Lipinski definition) is 6. The summed E-state index contributed by atoms with van der Waals surface area (Å²) in [7, 11) is 0. The molecule has 1 fully saturated rings. The maximum absolute atomic E-state index is 12.9. The Hall–Kier alpha value is -3.00. The molecule has 1 aromatic carbocycles. The minimum atomic E-state index is -0.300. The highest BCUT2D eigenvalue weighted by atomic mass is 32.2. The van der Waals surface area contributed by atoms with E-state index in [1.165, 1.54) is 0 Å². The van der Waals surface area contributed by atoms with E-state index in [-0.39, 0.29) is 11.8 Å². The van der Waals surface area contributed by atoms with Crippen LogP contribution in [-0.4, -0.2) is 60.2 Å². The zero-order valence-corrected chi connectivity index (χ0v) is 16.7. The Morgan fingerprint density at radius 3 is 2.66 bits per heavy atom. The molecule has 150 valence electrons. The highest BCUT2D eigenvalue weighted by molar-refractivity contribution is 8.02. The number of aromatic nitrogens is 1. The van der Waals surface area contributed by atoms with Gasteiger partial charge in [0, 0.05) is 54.8 Å². The first-order valence-electron chi connectivity index (χ1n) is 9.52. The lowest BCUT2D eigenvalue weighted by molar-refractivity contribution is -0.116. The summed E-state index contributed by atoms with van der Waals surface area (Å²) < 4.78 is 5.37. The molecule has 1 N–H and O–H groups in total. The van der Waals surface area contributed by atoms with Crippen molar-refractivity contribution >= 4 is 35.1 Å². The van der Waals surface area contributed by atoms with Gasteiger partial charge in [-0.3, -0.25) is 9.59 Å². The summed E-state index contributed by atoms with van der Waals surface area (Å²) in [4.78, 5) is 33.6.